The van der Waals surface area contributed by atoms with Crippen LogP contribution < -0.4 is 4.74 Å². The molecule has 1 aromatic rings. The van der Waals surface area contributed by atoms with Crippen LogP contribution in [0.25, 0.3) is 0 Å². The quantitative estimate of drug-likeness (QED) is 0.825. The van der Waals surface area contributed by atoms with Gasteiger partial charge in [0.05, 0.1) is 11.6 Å². The fourth-order valence-electron chi connectivity index (χ4n) is 0.954. The van der Waals surface area contributed by atoms with Crippen molar-refractivity contribution in [2.75, 3.05) is 0 Å². The van der Waals surface area contributed by atoms with Crippen molar-refractivity contribution in [2.45, 2.75) is 6.36 Å². The van der Waals surface area contributed by atoms with Crippen LogP contribution >= 0.6 is 0 Å². The maximum Gasteiger partial charge on any atom is 0.573 e. The Morgan fingerprint density at radius 1 is 1.33 bits per heavy atom. The molecule has 1 aromatic carbocycles. The standard InChI is InChI=1S/C9H5F3NO2/c10-9(11,12)15-8-2-6(4-13)1-7(3-8)5-14/h1-3,5,14H. The molecule has 0 bridgehead atoms. The Balaban J connectivity index is 3.03. The molecule has 0 aliphatic heterocycles. The molecular formula is C9H5F3NO2. The van der Waals surface area contributed by atoms with Gasteiger partial charge in [-0.25, -0.2) is 0 Å². The Morgan fingerprint density at radius 3 is 2.47 bits per heavy atom. The highest BCUT2D eigenvalue weighted by Crippen LogP contribution is 2.25. The van der Waals surface area contributed by atoms with Crippen molar-refractivity contribution in [2.24, 2.45) is 0 Å². The van der Waals surface area contributed by atoms with Crippen LogP contribution in [0.2, 0.25) is 0 Å². The minimum Gasteiger partial charge on any atom is -0.406 e. The Morgan fingerprint density at radius 2 is 2.00 bits per heavy atom. The molecule has 0 spiro atoms. The van der Waals surface area contributed by atoms with Gasteiger partial charge in [-0.15, -0.1) is 13.2 Å². The normalized spacial score (nSPS) is 10.9. The van der Waals surface area contributed by atoms with E-state index in [-0.39, 0.29) is 11.1 Å². The summed E-state index contributed by atoms with van der Waals surface area (Å²) in [6, 6.07) is 4.77. The van der Waals surface area contributed by atoms with Crippen molar-refractivity contribution in [3.8, 4) is 11.8 Å². The van der Waals surface area contributed by atoms with Gasteiger partial charge in [-0.2, -0.15) is 5.26 Å². The molecule has 3 nitrogen and oxygen atoms in total. The maximum absolute atomic E-state index is 11.8. The van der Waals surface area contributed by atoms with Crippen LogP contribution in [0.4, 0.5) is 13.2 Å². The first-order valence-corrected chi connectivity index (χ1v) is 3.73. The highest BCUT2D eigenvalue weighted by Gasteiger charge is 2.31. The van der Waals surface area contributed by atoms with E-state index in [0.717, 1.165) is 12.1 Å². The molecule has 1 radical (unpaired) electrons. The molecule has 1 N–H and O–H groups in total. The molecule has 0 atom stereocenters. The Bertz CT molecular complexity index is 395. The van der Waals surface area contributed by atoms with Crippen LogP contribution in [0.5, 0.6) is 5.75 Å². The second kappa shape index (κ2) is 4.19. The minimum atomic E-state index is -4.82. The summed E-state index contributed by atoms with van der Waals surface area (Å²) in [4.78, 5) is 0. The summed E-state index contributed by atoms with van der Waals surface area (Å²) in [5, 5.41) is 17.1. The van der Waals surface area contributed by atoms with E-state index >= 15 is 0 Å². The van der Waals surface area contributed by atoms with E-state index in [1.807, 2.05) is 0 Å². The van der Waals surface area contributed by atoms with Gasteiger partial charge in [0, 0.05) is 0 Å². The average Bonchev–Trinajstić information content (AvgIpc) is 2.14. The van der Waals surface area contributed by atoms with Gasteiger partial charge in [0.1, 0.15) is 12.4 Å². The van der Waals surface area contributed by atoms with Gasteiger partial charge < -0.3 is 9.84 Å². The van der Waals surface area contributed by atoms with E-state index in [2.05, 4.69) is 4.74 Å². The number of benzene rings is 1. The highest BCUT2D eigenvalue weighted by molar-refractivity contribution is 5.42. The lowest BCUT2D eigenvalue weighted by Gasteiger charge is -2.09. The third-order valence-electron chi connectivity index (χ3n) is 1.44. The number of hydrogen-bond donors (Lipinski definition) is 1. The Hall–Kier alpha value is -1.74. The van der Waals surface area contributed by atoms with E-state index in [1.54, 1.807) is 6.07 Å². The molecule has 0 aliphatic rings. The molecule has 0 saturated heterocycles. The lowest BCUT2D eigenvalue weighted by atomic mass is 10.1. The summed E-state index contributed by atoms with van der Waals surface area (Å²) in [6.45, 7) is 0.587. The van der Waals surface area contributed by atoms with Gasteiger partial charge in [-0.05, 0) is 23.8 Å². The summed E-state index contributed by atoms with van der Waals surface area (Å²) in [5.41, 5.74) is 0.0327. The van der Waals surface area contributed by atoms with E-state index in [4.69, 9.17) is 10.4 Å². The number of halogens is 3. The molecule has 0 unspecified atom stereocenters. The molecule has 1 rings (SSSR count). The van der Waals surface area contributed by atoms with Crippen molar-refractivity contribution in [3.05, 3.63) is 35.9 Å². The SMILES string of the molecule is N#Cc1cc([CH]O)cc(OC(F)(F)F)c1. The van der Waals surface area contributed by atoms with Crippen LogP contribution in [0.15, 0.2) is 18.2 Å². The van der Waals surface area contributed by atoms with Gasteiger partial charge in [0.2, 0.25) is 0 Å². The molecule has 0 aromatic heterocycles. The van der Waals surface area contributed by atoms with E-state index in [9.17, 15) is 13.2 Å². The summed E-state index contributed by atoms with van der Waals surface area (Å²) in [7, 11) is 0. The van der Waals surface area contributed by atoms with Crippen LogP contribution in [0, 0.1) is 17.9 Å². The predicted molar refractivity (Wildman–Crippen MR) is 43.2 cm³/mol. The van der Waals surface area contributed by atoms with Crippen LogP contribution in [-0.2, 0) is 0 Å². The monoisotopic (exact) mass is 216 g/mol. The number of aliphatic hydroxyl groups excluding tert-OH is 1. The lowest BCUT2D eigenvalue weighted by molar-refractivity contribution is -0.274. The van der Waals surface area contributed by atoms with Crippen molar-refractivity contribution in [3.63, 3.8) is 0 Å². The largest absolute Gasteiger partial charge is 0.573 e. The number of aliphatic hydroxyl groups is 1. The molecule has 0 aliphatic carbocycles. The van der Waals surface area contributed by atoms with Gasteiger partial charge >= 0.3 is 6.36 Å². The van der Waals surface area contributed by atoms with Gasteiger partial charge in [-0.1, -0.05) is 0 Å². The summed E-state index contributed by atoms with van der Waals surface area (Å²) < 4.78 is 39.1. The van der Waals surface area contributed by atoms with E-state index in [1.165, 1.54) is 6.07 Å². The number of hydrogen-bond acceptors (Lipinski definition) is 3. The van der Waals surface area contributed by atoms with E-state index in [0.29, 0.717) is 6.61 Å². The first kappa shape index (κ1) is 11.3. The fourth-order valence-corrected chi connectivity index (χ4v) is 0.954. The molecule has 0 heterocycles. The van der Waals surface area contributed by atoms with E-state index < -0.39 is 12.1 Å². The smallest absolute Gasteiger partial charge is 0.406 e. The lowest BCUT2D eigenvalue weighted by Crippen LogP contribution is -2.17. The fraction of sp³-hybridized carbons (Fsp3) is 0.111. The van der Waals surface area contributed by atoms with Gasteiger partial charge in [-0.3, -0.25) is 0 Å². The first-order chi connectivity index (χ1) is 6.94. The van der Waals surface area contributed by atoms with Gasteiger partial charge in [0.25, 0.3) is 0 Å². The maximum atomic E-state index is 11.8. The van der Waals surface area contributed by atoms with Crippen molar-refractivity contribution in [1.29, 1.82) is 5.26 Å². The topological polar surface area (TPSA) is 53.2 Å². The summed E-state index contributed by atoms with van der Waals surface area (Å²) in [5.74, 6) is -0.540. The summed E-state index contributed by atoms with van der Waals surface area (Å²) in [6.07, 6.45) is -4.82. The molecule has 79 valence electrons. The number of nitrogens with zero attached hydrogens (tertiary/aromatic N) is 1. The van der Waals surface area contributed by atoms with Crippen molar-refractivity contribution >= 4 is 0 Å². The molecule has 6 heteroatoms. The predicted octanol–water partition coefficient (Wildman–Crippen LogP) is 2.34. The van der Waals surface area contributed by atoms with Crippen LogP contribution in [0.3, 0.4) is 0 Å². The highest BCUT2D eigenvalue weighted by atomic mass is 19.4. The zero-order chi connectivity index (χ0) is 11.5. The average molecular weight is 216 g/mol. The van der Waals surface area contributed by atoms with Gasteiger partial charge in [0.15, 0.2) is 0 Å². The van der Waals surface area contributed by atoms with Crippen LogP contribution in [-0.4, -0.2) is 11.5 Å². The second-order valence-electron chi connectivity index (χ2n) is 2.58. The Labute approximate surface area is 83.3 Å². The Kier molecular flexibility index (Phi) is 3.17. The second-order valence-corrected chi connectivity index (χ2v) is 2.58. The molecule has 0 saturated carbocycles. The number of alkyl halides is 3. The third kappa shape index (κ3) is 3.48. The van der Waals surface area contributed by atoms with Crippen LogP contribution in [0.1, 0.15) is 11.1 Å². The van der Waals surface area contributed by atoms with Crippen molar-refractivity contribution < 1.29 is 23.0 Å². The molecular weight excluding hydrogens is 211 g/mol. The zero-order valence-corrected chi connectivity index (χ0v) is 7.25. The first-order valence-electron chi connectivity index (χ1n) is 3.73. The summed E-state index contributed by atoms with van der Waals surface area (Å²) >= 11 is 0. The number of nitriles is 1. The zero-order valence-electron chi connectivity index (χ0n) is 7.25. The third-order valence-corrected chi connectivity index (χ3v) is 1.44. The number of rotatable bonds is 2. The van der Waals surface area contributed by atoms with Crippen molar-refractivity contribution in [1.82, 2.24) is 0 Å². The molecule has 0 amide bonds. The molecule has 15 heavy (non-hydrogen) atoms. The number of ether oxygens (including phenoxy) is 1. The minimum absolute atomic E-state index is 0.0305. The molecule has 0 fully saturated rings.